The van der Waals surface area contributed by atoms with E-state index in [4.69, 9.17) is 0 Å². The van der Waals surface area contributed by atoms with Crippen LogP contribution in [0.2, 0.25) is 0 Å². The Kier molecular flexibility index (Phi) is 4.03. The summed E-state index contributed by atoms with van der Waals surface area (Å²) in [6.45, 7) is 7.38. The van der Waals surface area contributed by atoms with Gasteiger partial charge in [0.15, 0.2) is 0 Å². The van der Waals surface area contributed by atoms with Crippen LogP contribution in [-0.2, 0) is 16.0 Å². The van der Waals surface area contributed by atoms with Crippen molar-refractivity contribution >= 4 is 11.7 Å². The first kappa shape index (κ1) is 13.8. The third kappa shape index (κ3) is 3.22. The van der Waals surface area contributed by atoms with E-state index in [1.807, 2.05) is 4.90 Å². The van der Waals surface area contributed by atoms with E-state index in [0.29, 0.717) is 32.4 Å². The topological polar surface area (TPSA) is 37.4 Å². The van der Waals surface area contributed by atoms with Gasteiger partial charge in [0.1, 0.15) is 5.78 Å². The molecule has 19 heavy (non-hydrogen) atoms. The average Bonchev–Trinajstić information content (AvgIpc) is 2.36. The number of amides is 1. The zero-order valence-electron chi connectivity index (χ0n) is 12.0. The summed E-state index contributed by atoms with van der Waals surface area (Å²) >= 11 is 0. The molecule has 0 spiro atoms. The second-order valence-electron chi connectivity index (χ2n) is 5.46. The molecule has 0 aliphatic carbocycles. The number of hydrogen-bond donors (Lipinski definition) is 0. The number of carbonyl (C=O) groups is 2. The minimum absolute atomic E-state index is 0.138. The summed E-state index contributed by atoms with van der Waals surface area (Å²) in [5, 5.41) is 0. The normalized spacial score (nSPS) is 15.7. The van der Waals surface area contributed by atoms with Gasteiger partial charge in [-0.15, -0.1) is 0 Å². The molecule has 0 saturated carbocycles. The van der Waals surface area contributed by atoms with Crippen molar-refractivity contribution in [1.29, 1.82) is 0 Å². The van der Waals surface area contributed by atoms with Crippen LogP contribution in [0, 0.1) is 20.8 Å². The zero-order valence-corrected chi connectivity index (χ0v) is 12.0. The Morgan fingerprint density at radius 1 is 1.05 bits per heavy atom. The Morgan fingerprint density at radius 2 is 1.63 bits per heavy atom. The van der Waals surface area contributed by atoms with E-state index in [9.17, 15) is 9.59 Å². The fraction of sp³-hybridized carbons (Fsp3) is 0.500. The van der Waals surface area contributed by atoms with E-state index in [0.717, 1.165) is 5.56 Å². The largest absolute Gasteiger partial charge is 0.342 e. The first-order valence-corrected chi connectivity index (χ1v) is 6.83. The number of piperidine rings is 1. The molecule has 1 aromatic rings. The molecule has 2 rings (SSSR count). The summed E-state index contributed by atoms with van der Waals surface area (Å²) in [7, 11) is 0. The molecular weight excluding hydrogens is 238 g/mol. The first-order valence-electron chi connectivity index (χ1n) is 6.83. The van der Waals surface area contributed by atoms with Gasteiger partial charge < -0.3 is 4.90 Å². The molecule has 0 bridgehead atoms. The number of Topliss-reactive ketones (excluding diaryl/α,β-unsaturated/α-hetero) is 1. The highest BCUT2D eigenvalue weighted by Crippen LogP contribution is 2.17. The van der Waals surface area contributed by atoms with Crippen molar-refractivity contribution in [3.8, 4) is 0 Å². The smallest absolute Gasteiger partial charge is 0.227 e. The lowest BCUT2D eigenvalue weighted by atomic mass is 9.98. The summed E-state index contributed by atoms with van der Waals surface area (Å²) in [6.07, 6.45) is 1.47. The van der Waals surface area contributed by atoms with Crippen LogP contribution in [0.15, 0.2) is 12.1 Å². The average molecular weight is 259 g/mol. The third-order valence-electron chi connectivity index (χ3n) is 3.97. The van der Waals surface area contributed by atoms with Gasteiger partial charge in [-0.1, -0.05) is 12.1 Å². The lowest BCUT2D eigenvalue weighted by molar-refractivity contribution is -0.133. The van der Waals surface area contributed by atoms with Crippen molar-refractivity contribution in [2.45, 2.75) is 40.0 Å². The fourth-order valence-electron chi connectivity index (χ4n) is 2.49. The standard InChI is InChI=1S/C16H21NO2/c1-11-8-13(3)14(9-12(11)2)10-16(19)17-6-4-15(18)5-7-17/h8-9H,4-7,10H2,1-3H3. The van der Waals surface area contributed by atoms with Crippen LogP contribution in [0.25, 0.3) is 0 Å². The van der Waals surface area contributed by atoms with Crippen LogP contribution in [0.1, 0.15) is 35.1 Å². The lowest BCUT2D eigenvalue weighted by Gasteiger charge is -2.26. The number of hydrogen-bond acceptors (Lipinski definition) is 2. The third-order valence-corrected chi connectivity index (χ3v) is 3.97. The molecular formula is C16H21NO2. The highest BCUT2D eigenvalue weighted by molar-refractivity contribution is 5.84. The minimum Gasteiger partial charge on any atom is -0.342 e. The van der Waals surface area contributed by atoms with Crippen LogP contribution in [0.5, 0.6) is 0 Å². The monoisotopic (exact) mass is 259 g/mol. The second kappa shape index (κ2) is 5.55. The van der Waals surface area contributed by atoms with E-state index >= 15 is 0 Å². The molecule has 1 aliphatic heterocycles. The lowest BCUT2D eigenvalue weighted by Crippen LogP contribution is -2.39. The van der Waals surface area contributed by atoms with Gasteiger partial charge in [-0.2, -0.15) is 0 Å². The Labute approximate surface area is 114 Å². The molecule has 0 atom stereocenters. The number of benzene rings is 1. The number of rotatable bonds is 2. The molecule has 0 radical (unpaired) electrons. The van der Waals surface area contributed by atoms with Crippen molar-refractivity contribution in [2.24, 2.45) is 0 Å². The van der Waals surface area contributed by atoms with Crippen LogP contribution in [-0.4, -0.2) is 29.7 Å². The van der Waals surface area contributed by atoms with Gasteiger partial charge in [-0.3, -0.25) is 9.59 Å². The van der Waals surface area contributed by atoms with Crippen molar-refractivity contribution in [1.82, 2.24) is 4.90 Å². The molecule has 1 saturated heterocycles. The van der Waals surface area contributed by atoms with Gasteiger partial charge in [0, 0.05) is 25.9 Å². The summed E-state index contributed by atoms with van der Waals surface area (Å²) in [5.41, 5.74) is 4.76. The SMILES string of the molecule is Cc1cc(C)c(CC(=O)N2CCC(=O)CC2)cc1C. The van der Waals surface area contributed by atoms with Gasteiger partial charge in [-0.05, 0) is 43.0 Å². The first-order chi connectivity index (χ1) is 8.97. The number of aryl methyl sites for hydroxylation is 3. The van der Waals surface area contributed by atoms with Crippen molar-refractivity contribution < 1.29 is 9.59 Å². The fourth-order valence-corrected chi connectivity index (χ4v) is 2.49. The van der Waals surface area contributed by atoms with Crippen LogP contribution in [0.3, 0.4) is 0 Å². The van der Waals surface area contributed by atoms with Gasteiger partial charge in [-0.25, -0.2) is 0 Å². The molecule has 102 valence electrons. The quantitative estimate of drug-likeness (QED) is 0.817. The van der Waals surface area contributed by atoms with Crippen molar-refractivity contribution in [3.05, 3.63) is 34.4 Å². The van der Waals surface area contributed by atoms with Gasteiger partial charge in [0.25, 0.3) is 0 Å². The van der Waals surface area contributed by atoms with E-state index < -0.39 is 0 Å². The Balaban J connectivity index is 2.07. The number of carbonyl (C=O) groups excluding carboxylic acids is 2. The van der Waals surface area contributed by atoms with E-state index in [1.54, 1.807) is 0 Å². The molecule has 0 aromatic heterocycles. The van der Waals surface area contributed by atoms with Gasteiger partial charge in [0.05, 0.1) is 6.42 Å². The molecule has 0 N–H and O–H groups in total. The maximum absolute atomic E-state index is 12.2. The summed E-state index contributed by atoms with van der Waals surface area (Å²) in [5.74, 6) is 0.408. The predicted molar refractivity (Wildman–Crippen MR) is 75.2 cm³/mol. The molecule has 1 amide bonds. The number of nitrogens with zero attached hydrogens (tertiary/aromatic N) is 1. The van der Waals surface area contributed by atoms with Crippen LogP contribution < -0.4 is 0 Å². The zero-order chi connectivity index (χ0) is 14.0. The van der Waals surface area contributed by atoms with Crippen molar-refractivity contribution in [2.75, 3.05) is 13.1 Å². The van der Waals surface area contributed by atoms with E-state index in [2.05, 4.69) is 32.9 Å². The van der Waals surface area contributed by atoms with Crippen molar-refractivity contribution in [3.63, 3.8) is 0 Å². The Bertz CT molecular complexity index is 510. The summed E-state index contributed by atoms with van der Waals surface area (Å²) < 4.78 is 0. The second-order valence-corrected chi connectivity index (χ2v) is 5.46. The van der Waals surface area contributed by atoms with E-state index in [1.165, 1.54) is 16.7 Å². The molecule has 0 unspecified atom stereocenters. The molecule has 1 aliphatic rings. The Hall–Kier alpha value is -1.64. The maximum Gasteiger partial charge on any atom is 0.227 e. The van der Waals surface area contributed by atoms with Crippen LogP contribution in [0.4, 0.5) is 0 Å². The highest BCUT2D eigenvalue weighted by Gasteiger charge is 2.21. The predicted octanol–water partition coefficient (Wildman–Crippen LogP) is 2.35. The van der Waals surface area contributed by atoms with Gasteiger partial charge >= 0.3 is 0 Å². The van der Waals surface area contributed by atoms with Crippen LogP contribution >= 0.6 is 0 Å². The summed E-state index contributed by atoms with van der Waals surface area (Å²) in [6, 6.07) is 4.25. The molecule has 1 heterocycles. The molecule has 1 fully saturated rings. The molecule has 1 aromatic carbocycles. The maximum atomic E-state index is 12.2. The summed E-state index contributed by atoms with van der Waals surface area (Å²) in [4.78, 5) is 25.2. The Morgan fingerprint density at radius 3 is 2.26 bits per heavy atom. The molecule has 3 heteroatoms. The minimum atomic E-state index is 0.138. The van der Waals surface area contributed by atoms with Gasteiger partial charge in [0.2, 0.25) is 5.91 Å². The van der Waals surface area contributed by atoms with E-state index in [-0.39, 0.29) is 11.7 Å². The number of ketones is 1. The number of likely N-dealkylation sites (tertiary alicyclic amines) is 1. The molecule has 3 nitrogen and oxygen atoms in total. The highest BCUT2D eigenvalue weighted by atomic mass is 16.2.